The molecule has 1 saturated carbocycles. The molecular weight excluding hydrogens is 300 g/mol. The van der Waals surface area contributed by atoms with Crippen LogP contribution in [0.1, 0.15) is 58.3 Å². The lowest BCUT2D eigenvalue weighted by Crippen LogP contribution is -2.48. The molecule has 4 nitrogen and oxygen atoms in total. The summed E-state index contributed by atoms with van der Waals surface area (Å²) < 4.78 is 6.28. The molecule has 0 aromatic heterocycles. The van der Waals surface area contributed by atoms with Crippen LogP contribution < -0.4 is 5.32 Å². The van der Waals surface area contributed by atoms with Crippen LogP contribution in [-0.2, 0) is 9.53 Å². The van der Waals surface area contributed by atoms with Crippen LogP contribution in [0.3, 0.4) is 0 Å². The topological polar surface area (TPSA) is 41.6 Å². The van der Waals surface area contributed by atoms with Crippen LogP contribution >= 0.6 is 12.4 Å². The molecule has 3 fully saturated rings. The fourth-order valence-corrected chi connectivity index (χ4v) is 3.97. The Morgan fingerprint density at radius 3 is 2.23 bits per heavy atom. The summed E-state index contributed by atoms with van der Waals surface area (Å²) in [5, 5.41) is 3.31. The van der Waals surface area contributed by atoms with Gasteiger partial charge >= 0.3 is 0 Å². The Morgan fingerprint density at radius 1 is 1.00 bits per heavy atom. The average Bonchev–Trinajstić information content (AvgIpc) is 3.04. The second-order valence-electron chi connectivity index (χ2n) is 7.19. The molecule has 2 aliphatic heterocycles. The number of amides is 1. The number of halogens is 1. The number of likely N-dealkylation sites (tertiary alicyclic amines) is 1. The van der Waals surface area contributed by atoms with E-state index in [0.717, 1.165) is 51.2 Å². The maximum Gasteiger partial charge on any atom is 0.239 e. The molecule has 2 saturated heterocycles. The molecule has 1 unspecified atom stereocenters. The average molecular weight is 331 g/mol. The van der Waals surface area contributed by atoms with Crippen molar-refractivity contribution < 1.29 is 9.53 Å². The first kappa shape index (κ1) is 18.0. The maximum atomic E-state index is 12.4. The van der Waals surface area contributed by atoms with Crippen molar-refractivity contribution in [2.45, 2.75) is 76.5 Å². The van der Waals surface area contributed by atoms with Crippen LogP contribution in [0.15, 0.2) is 0 Å². The third-order valence-corrected chi connectivity index (χ3v) is 5.46. The summed E-state index contributed by atoms with van der Waals surface area (Å²) >= 11 is 0. The van der Waals surface area contributed by atoms with Gasteiger partial charge in [0.15, 0.2) is 0 Å². The van der Waals surface area contributed by atoms with Gasteiger partial charge in [0.1, 0.15) is 0 Å². The third kappa shape index (κ3) is 4.59. The van der Waals surface area contributed by atoms with Crippen molar-refractivity contribution in [1.82, 2.24) is 10.2 Å². The monoisotopic (exact) mass is 330 g/mol. The number of hydrogen-bond donors (Lipinski definition) is 1. The van der Waals surface area contributed by atoms with Crippen LogP contribution in [0.4, 0.5) is 0 Å². The lowest BCUT2D eigenvalue weighted by Gasteiger charge is -2.36. The van der Waals surface area contributed by atoms with E-state index in [-0.39, 0.29) is 18.4 Å². The number of carbonyl (C=O) groups excluding carboxylic acids is 1. The zero-order chi connectivity index (χ0) is 14.7. The van der Waals surface area contributed by atoms with E-state index >= 15 is 0 Å². The van der Waals surface area contributed by atoms with Gasteiger partial charge in [0.25, 0.3) is 0 Å². The van der Waals surface area contributed by atoms with Crippen molar-refractivity contribution in [1.29, 1.82) is 0 Å². The molecule has 128 valence electrons. The Morgan fingerprint density at radius 2 is 1.64 bits per heavy atom. The number of nitrogens with zero attached hydrogens (tertiary/aromatic N) is 1. The number of ether oxygens (including phenoxy) is 1. The molecule has 0 spiro atoms. The predicted octanol–water partition coefficient (Wildman–Crippen LogP) is 2.75. The van der Waals surface area contributed by atoms with Gasteiger partial charge in [-0.2, -0.15) is 0 Å². The number of carbonyl (C=O) groups is 1. The first-order valence-electron chi connectivity index (χ1n) is 8.90. The smallest absolute Gasteiger partial charge is 0.239 e. The maximum absolute atomic E-state index is 12.4. The molecule has 0 aromatic carbocycles. The van der Waals surface area contributed by atoms with E-state index in [0.29, 0.717) is 18.1 Å². The molecule has 0 bridgehead atoms. The summed E-state index contributed by atoms with van der Waals surface area (Å²) in [4.78, 5) is 14.4. The Balaban J connectivity index is 0.00000176. The first-order valence-corrected chi connectivity index (χ1v) is 8.90. The summed E-state index contributed by atoms with van der Waals surface area (Å²) in [5.74, 6) is 1.20. The van der Waals surface area contributed by atoms with Crippen molar-refractivity contribution in [2.75, 3.05) is 19.6 Å². The molecule has 5 heteroatoms. The number of hydrogen-bond acceptors (Lipinski definition) is 3. The van der Waals surface area contributed by atoms with Crippen molar-refractivity contribution in [3.05, 3.63) is 0 Å². The molecule has 1 N–H and O–H groups in total. The Kier molecular flexibility index (Phi) is 6.97. The highest BCUT2D eigenvalue weighted by atomic mass is 35.5. The minimum Gasteiger partial charge on any atom is -0.375 e. The van der Waals surface area contributed by atoms with Gasteiger partial charge < -0.3 is 15.0 Å². The van der Waals surface area contributed by atoms with Crippen LogP contribution in [0, 0.1) is 5.92 Å². The minimum atomic E-state index is 0. The molecule has 1 amide bonds. The Bertz CT molecular complexity index is 345. The zero-order valence-electron chi connectivity index (χ0n) is 13.8. The fourth-order valence-electron chi connectivity index (χ4n) is 3.97. The highest BCUT2D eigenvalue weighted by Gasteiger charge is 2.31. The van der Waals surface area contributed by atoms with Crippen LogP contribution in [-0.4, -0.2) is 48.7 Å². The van der Waals surface area contributed by atoms with Gasteiger partial charge in [-0.25, -0.2) is 0 Å². The highest BCUT2D eigenvalue weighted by Crippen LogP contribution is 2.28. The van der Waals surface area contributed by atoms with Crippen molar-refractivity contribution in [2.24, 2.45) is 5.92 Å². The van der Waals surface area contributed by atoms with Gasteiger partial charge in [-0.3, -0.25) is 4.79 Å². The van der Waals surface area contributed by atoms with Gasteiger partial charge in [0, 0.05) is 13.1 Å². The lowest BCUT2D eigenvalue weighted by molar-refractivity contribution is -0.137. The standard InChI is InChI=1S/C17H30N2O2.ClH/c1-13-4-6-14(7-5-13)21-15-8-11-19(12-9-15)17(20)16-3-2-10-18-16;/h13-16,18H,2-12H2,1H3;1H. The summed E-state index contributed by atoms with van der Waals surface area (Å²) in [5.41, 5.74) is 0. The molecule has 2 heterocycles. The van der Waals surface area contributed by atoms with Crippen LogP contribution in [0.5, 0.6) is 0 Å². The van der Waals surface area contributed by atoms with Crippen molar-refractivity contribution >= 4 is 18.3 Å². The fraction of sp³-hybridized carbons (Fsp3) is 0.941. The molecular formula is C17H31ClN2O2. The quantitative estimate of drug-likeness (QED) is 0.865. The van der Waals surface area contributed by atoms with E-state index in [4.69, 9.17) is 4.74 Å². The number of piperidine rings is 1. The van der Waals surface area contributed by atoms with Gasteiger partial charge in [-0.15, -0.1) is 12.4 Å². The Hall–Kier alpha value is -0.320. The number of nitrogens with one attached hydrogen (secondary N) is 1. The molecule has 22 heavy (non-hydrogen) atoms. The lowest BCUT2D eigenvalue weighted by atomic mass is 9.88. The van der Waals surface area contributed by atoms with Crippen molar-refractivity contribution in [3.8, 4) is 0 Å². The normalized spacial score (nSPS) is 33.5. The highest BCUT2D eigenvalue weighted by molar-refractivity contribution is 5.85. The molecule has 0 radical (unpaired) electrons. The van der Waals surface area contributed by atoms with Gasteiger partial charge in [0.05, 0.1) is 18.2 Å². The number of rotatable bonds is 3. The van der Waals surface area contributed by atoms with E-state index in [9.17, 15) is 4.79 Å². The SMILES string of the molecule is CC1CCC(OC2CCN(C(=O)C3CCCN3)CC2)CC1.Cl. The second-order valence-corrected chi connectivity index (χ2v) is 7.19. The van der Waals surface area contributed by atoms with Gasteiger partial charge in [-0.1, -0.05) is 6.92 Å². The molecule has 3 aliphatic rings. The molecule has 1 aliphatic carbocycles. The third-order valence-electron chi connectivity index (χ3n) is 5.46. The summed E-state index contributed by atoms with van der Waals surface area (Å²) in [6, 6.07) is 0.0855. The van der Waals surface area contributed by atoms with E-state index in [1.54, 1.807) is 0 Å². The predicted molar refractivity (Wildman–Crippen MR) is 90.4 cm³/mol. The first-order chi connectivity index (χ1) is 10.2. The second kappa shape index (κ2) is 8.51. The minimum absolute atomic E-state index is 0. The van der Waals surface area contributed by atoms with Crippen LogP contribution in [0.25, 0.3) is 0 Å². The Labute approximate surface area is 140 Å². The molecule has 0 aromatic rings. The van der Waals surface area contributed by atoms with Crippen molar-refractivity contribution in [3.63, 3.8) is 0 Å². The van der Waals surface area contributed by atoms with E-state index < -0.39 is 0 Å². The van der Waals surface area contributed by atoms with E-state index in [1.165, 1.54) is 25.7 Å². The summed E-state index contributed by atoms with van der Waals surface area (Å²) in [6.45, 7) is 5.10. The van der Waals surface area contributed by atoms with Gasteiger partial charge in [0.2, 0.25) is 5.91 Å². The zero-order valence-corrected chi connectivity index (χ0v) is 14.6. The summed E-state index contributed by atoms with van der Waals surface area (Å²) in [6.07, 6.45) is 10.1. The van der Waals surface area contributed by atoms with E-state index in [2.05, 4.69) is 12.2 Å². The van der Waals surface area contributed by atoms with Gasteiger partial charge in [-0.05, 0) is 63.8 Å². The molecule has 1 atom stereocenters. The summed E-state index contributed by atoms with van der Waals surface area (Å²) in [7, 11) is 0. The largest absolute Gasteiger partial charge is 0.375 e. The van der Waals surface area contributed by atoms with E-state index in [1.807, 2.05) is 4.90 Å². The van der Waals surface area contributed by atoms with Crippen LogP contribution in [0.2, 0.25) is 0 Å². The molecule has 3 rings (SSSR count).